The summed E-state index contributed by atoms with van der Waals surface area (Å²) in [5.74, 6) is -0.272. The van der Waals surface area contributed by atoms with Gasteiger partial charge in [0.2, 0.25) is 0 Å². The van der Waals surface area contributed by atoms with Gasteiger partial charge in [-0.25, -0.2) is 0 Å². The van der Waals surface area contributed by atoms with Crippen LogP contribution in [0, 0.1) is 10.1 Å². The fourth-order valence-electron chi connectivity index (χ4n) is 2.56. The van der Waals surface area contributed by atoms with E-state index in [1.54, 1.807) is 19.1 Å². The Morgan fingerprint density at radius 1 is 1.38 bits per heavy atom. The van der Waals surface area contributed by atoms with E-state index in [0.29, 0.717) is 12.3 Å². The molecule has 1 aliphatic carbocycles. The number of nitrogens with one attached hydrogen (secondary N) is 2. The molecule has 1 aromatic carbocycles. The Morgan fingerprint density at radius 3 is 2.79 bits per heavy atom. The monoisotopic (exact) mass is 334 g/mol. The lowest BCUT2D eigenvalue weighted by molar-refractivity contribution is -0.384. The second-order valence-electron chi connectivity index (χ2n) is 5.50. The van der Waals surface area contributed by atoms with E-state index in [-0.39, 0.29) is 24.2 Å². The highest BCUT2D eigenvalue weighted by atomic mass is 16.6. The van der Waals surface area contributed by atoms with Crippen molar-refractivity contribution in [1.29, 1.82) is 0 Å². The maximum absolute atomic E-state index is 11.5. The standard InChI is InChI=1S/C16H22N4O4/c1-2-24-16(21)11-17-14-5-3-4-6-15(14)19-18-12-7-9-13(10-8-12)20(22)23/h7-10,14,17-18H,2-6,11H2,1H3/b19-15-/t14-/m0/s1. The largest absolute Gasteiger partial charge is 0.465 e. The second kappa shape index (κ2) is 8.97. The molecule has 1 aromatic rings. The summed E-state index contributed by atoms with van der Waals surface area (Å²) in [5, 5.41) is 18.2. The van der Waals surface area contributed by atoms with Crippen LogP contribution >= 0.6 is 0 Å². The molecule has 1 atom stereocenters. The molecule has 1 saturated carbocycles. The van der Waals surface area contributed by atoms with Gasteiger partial charge in [-0.3, -0.25) is 25.7 Å². The molecule has 8 nitrogen and oxygen atoms in total. The molecule has 0 aromatic heterocycles. The first-order chi connectivity index (χ1) is 11.6. The molecule has 0 amide bonds. The van der Waals surface area contributed by atoms with E-state index in [0.717, 1.165) is 31.4 Å². The van der Waals surface area contributed by atoms with Gasteiger partial charge in [-0.2, -0.15) is 5.10 Å². The topological polar surface area (TPSA) is 106 Å². The van der Waals surface area contributed by atoms with Crippen molar-refractivity contribution in [2.75, 3.05) is 18.6 Å². The van der Waals surface area contributed by atoms with Crippen LogP contribution in [0.1, 0.15) is 32.6 Å². The van der Waals surface area contributed by atoms with Crippen LogP contribution in [0.3, 0.4) is 0 Å². The predicted octanol–water partition coefficient (Wildman–Crippen LogP) is 2.46. The van der Waals surface area contributed by atoms with Crippen molar-refractivity contribution < 1.29 is 14.5 Å². The zero-order chi connectivity index (χ0) is 17.4. The maximum Gasteiger partial charge on any atom is 0.319 e. The van der Waals surface area contributed by atoms with Crippen molar-refractivity contribution >= 4 is 23.1 Å². The number of hydrogen-bond acceptors (Lipinski definition) is 7. The van der Waals surface area contributed by atoms with Gasteiger partial charge in [-0.05, 0) is 38.3 Å². The third-order valence-corrected chi connectivity index (χ3v) is 3.78. The summed E-state index contributed by atoms with van der Waals surface area (Å²) in [6, 6.07) is 6.13. The van der Waals surface area contributed by atoms with Crippen LogP contribution < -0.4 is 10.7 Å². The molecule has 0 aliphatic heterocycles. The summed E-state index contributed by atoms with van der Waals surface area (Å²) in [7, 11) is 0. The Labute approximate surface area is 140 Å². The number of nitro groups is 1. The third-order valence-electron chi connectivity index (χ3n) is 3.78. The Kier molecular flexibility index (Phi) is 6.68. The molecule has 2 N–H and O–H groups in total. The molecule has 8 heteroatoms. The minimum absolute atomic E-state index is 0.0358. The summed E-state index contributed by atoms with van der Waals surface area (Å²) in [4.78, 5) is 21.7. The van der Waals surface area contributed by atoms with E-state index in [1.165, 1.54) is 12.1 Å². The second-order valence-corrected chi connectivity index (χ2v) is 5.50. The Hall–Kier alpha value is -2.48. The minimum atomic E-state index is -0.438. The molecule has 0 heterocycles. The first kappa shape index (κ1) is 17.9. The quantitative estimate of drug-likeness (QED) is 0.451. The molecule has 0 radical (unpaired) electrons. The van der Waals surface area contributed by atoms with Crippen molar-refractivity contribution in [3.8, 4) is 0 Å². The number of nitro benzene ring substituents is 1. The Balaban J connectivity index is 1.94. The van der Waals surface area contributed by atoms with Crippen LogP contribution in [0.4, 0.5) is 11.4 Å². The molecule has 2 rings (SSSR count). The first-order valence-corrected chi connectivity index (χ1v) is 8.06. The molecule has 0 unspecified atom stereocenters. The number of esters is 1. The van der Waals surface area contributed by atoms with Gasteiger partial charge in [0.25, 0.3) is 5.69 Å². The molecule has 1 fully saturated rings. The van der Waals surface area contributed by atoms with Crippen molar-refractivity contribution in [2.45, 2.75) is 38.6 Å². The number of carbonyl (C=O) groups excluding carboxylic acids is 1. The summed E-state index contributed by atoms with van der Waals surface area (Å²) >= 11 is 0. The zero-order valence-electron chi connectivity index (χ0n) is 13.7. The molecule has 0 saturated heterocycles. The van der Waals surface area contributed by atoms with Crippen LogP contribution in [0.5, 0.6) is 0 Å². The summed E-state index contributed by atoms with van der Waals surface area (Å²) in [6.45, 7) is 2.31. The number of non-ortho nitro benzene ring substituents is 1. The fourth-order valence-corrected chi connectivity index (χ4v) is 2.56. The maximum atomic E-state index is 11.5. The highest BCUT2D eigenvalue weighted by molar-refractivity contribution is 5.91. The normalized spacial score (nSPS) is 19.0. The number of rotatable bonds is 7. The lowest BCUT2D eigenvalue weighted by Crippen LogP contribution is -2.42. The average molecular weight is 334 g/mol. The van der Waals surface area contributed by atoms with E-state index >= 15 is 0 Å². The van der Waals surface area contributed by atoms with E-state index in [9.17, 15) is 14.9 Å². The van der Waals surface area contributed by atoms with Gasteiger partial charge in [0.05, 0.1) is 29.5 Å². The van der Waals surface area contributed by atoms with Gasteiger partial charge in [-0.15, -0.1) is 0 Å². The third kappa shape index (κ3) is 5.31. The number of ether oxygens (including phenoxy) is 1. The van der Waals surface area contributed by atoms with Gasteiger partial charge in [-0.1, -0.05) is 6.42 Å². The SMILES string of the molecule is CCOC(=O)CN[C@H]1CCCC/C1=N/Nc1ccc([N+](=O)[O-])cc1. The number of anilines is 1. The minimum Gasteiger partial charge on any atom is -0.465 e. The van der Waals surface area contributed by atoms with Crippen LogP contribution in [-0.4, -0.2) is 35.8 Å². The predicted molar refractivity (Wildman–Crippen MR) is 91.0 cm³/mol. The van der Waals surface area contributed by atoms with Crippen LogP contribution in [0.25, 0.3) is 0 Å². The zero-order valence-corrected chi connectivity index (χ0v) is 13.7. The van der Waals surface area contributed by atoms with Gasteiger partial charge < -0.3 is 4.74 Å². The molecule has 0 bridgehead atoms. The highest BCUT2D eigenvalue weighted by Crippen LogP contribution is 2.18. The van der Waals surface area contributed by atoms with E-state index in [2.05, 4.69) is 15.8 Å². The lowest BCUT2D eigenvalue weighted by atomic mass is 9.93. The number of carbonyl (C=O) groups is 1. The summed E-state index contributed by atoms with van der Waals surface area (Å²) in [6.07, 6.45) is 3.90. The van der Waals surface area contributed by atoms with Crippen LogP contribution in [-0.2, 0) is 9.53 Å². The number of hydrazone groups is 1. The molecular weight excluding hydrogens is 312 g/mol. The number of nitrogens with zero attached hydrogens (tertiary/aromatic N) is 2. The van der Waals surface area contributed by atoms with Crippen LogP contribution in [0.15, 0.2) is 29.4 Å². The molecule has 130 valence electrons. The van der Waals surface area contributed by atoms with Crippen LogP contribution in [0.2, 0.25) is 0 Å². The van der Waals surface area contributed by atoms with Crippen molar-refractivity contribution in [3.63, 3.8) is 0 Å². The average Bonchev–Trinajstić information content (AvgIpc) is 2.59. The van der Waals surface area contributed by atoms with Gasteiger partial charge in [0.15, 0.2) is 0 Å². The molecule has 0 spiro atoms. The number of hydrogen-bond donors (Lipinski definition) is 2. The Morgan fingerprint density at radius 2 is 2.12 bits per heavy atom. The fraction of sp³-hybridized carbons (Fsp3) is 0.500. The molecule has 24 heavy (non-hydrogen) atoms. The summed E-state index contributed by atoms with van der Waals surface area (Å²) in [5.41, 5.74) is 4.61. The van der Waals surface area contributed by atoms with Gasteiger partial charge >= 0.3 is 5.97 Å². The molecule has 1 aliphatic rings. The van der Waals surface area contributed by atoms with Gasteiger partial charge in [0, 0.05) is 18.2 Å². The Bertz CT molecular complexity index is 601. The van der Waals surface area contributed by atoms with Crippen molar-refractivity contribution in [3.05, 3.63) is 34.4 Å². The smallest absolute Gasteiger partial charge is 0.319 e. The van der Waals surface area contributed by atoms with Crippen molar-refractivity contribution in [1.82, 2.24) is 5.32 Å². The highest BCUT2D eigenvalue weighted by Gasteiger charge is 2.21. The number of benzene rings is 1. The van der Waals surface area contributed by atoms with E-state index in [4.69, 9.17) is 4.74 Å². The molecular formula is C16H22N4O4. The summed E-state index contributed by atoms with van der Waals surface area (Å²) < 4.78 is 4.92. The van der Waals surface area contributed by atoms with Gasteiger partial charge in [0.1, 0.15) is 0 Å². The first-order valence-electron chi connectivity index (χ1n) is 8.06. The van der Waals surface area contributed by atoms with E-state index in [1.807, 2.05) is 0 Å². The van der Waals surface area contributed by atoms with E-state index < -0.39 is 4.92 Å². The lowest BCUT2D eigenvalue weighted by Gasteiger charge is -2.24. The van der Waals surface area contributed by atoms with Crippen molar-refractivity contribution in [2.24, 2.45) is 5.10 Å².